The van der Waals surface area contributed by atoms with E-state index >= 15 is 0 Å². The normalized spacial score (nSPS) is 10.5. The average Bonchev–Trinajstić information content (AvgIpc) is 2.49. The molecule has 0 bridgehead atoms. The van der Waals surface area contributed by atoms with Gasteiger partial charge >= 0.3 is 0 Å². The number of rotatable bonds is 3. The van der Waals surface area contributed by atoms with E-state index < -0.39 is 0 Å². The second-order valence-corrected chi connectivity index (χ2v) is 4.80. The van der Waals surface area contributed by atoms with Crippen molar-refractivity contribution in [2.24, 2.45) is 0 Å². The van der Waals surface area contributed by atoms with Gasteiger partial charge in [-0.3, -0.25) is 15.1 Å². The number of nitrogens with one attached hydrogen (secondary N) is 1. The van der Waals surface area contributed by atoms with E-state index in [4.69, 9.17) is 0 Å². The Bertz CT molecular complexity index is 813. The predicted molar refractivity (Wildman–Crippen MR) is 82.9 cm³/mol. The van der Waals surface area contributed by atoms with Crippen molar-refractivity contribution in [1.29, 1.82) is 0 Å². The highest BCUT2D eigenvalue weighted by Gasteiger charge is 2.14. The Morgan fingerprint density at radius 2 is 1.81 bits per heavy atom. The third-order valence-electron chi connectivity index (χ3n) is 3.32. The fourth-order valence-electron chi connectivity index (χ4n) is 2.24. The number of anilines is 2. The van der Waals surface area contributed by atoms with Crippen LogP contribution < -0.4 is 5.32 Å². The summed E-state index contributed by atoms with van der Waals surface area (Å²) in [6, 6.07) is 13.0. The van der Waals surface area contributed by atoms with Crippen LogP contribution >= 0.6 is 0 Å². The highest BCUT2D eigenvalue weighted by molar-refractivity contribution is 6.00. The number of fused-ring (bicyclic) bond motifs is 1. The second-order valence-electron chi connectivity index (χ2n) is 4.80. The Hall–Kier alpha value is -2.95. The van der Waals surface area contributed by atoms with Crippen LogP contribution in [0.4, 0.5) is 17.1 Å². The molecule has 0 saturated carbocycles. The zero-order valence-electron chi connectivity index (χ0n) is 11.4. The van der Waals surface area contributed by atoms with Gasteiger partial charge < -0.3 is 5.32 Å². The third-order valence-corrected chi connectivity index (χ3v) is 3.32. The van der Waals surface area contributed by atoms with Crippen LogP contribution in [-0.2, 0) is 0 Å². The van der Waals surface area contributed by atoms with Gasteiger partial charge in [-0.15, -0.1) is 0 Å². The van der Waals surface area contributed by atoms with Crippen molar-refractivity contribution in [3.8, 4) is 0 Å². The smallest absolute Gasteiger partial charge is 0.278 e. The third kappa shape index (κ3) is 2.53. The topological polar surface area (TPSA) is 68.1 Å². The summed E-state index contributed by atoms with van der Waals surface area (Å²) in [7, 11) is 0. The predicted octanol–water partition coefficient (Wildman–Crippen LogP) is 4.20. The molecule has 21 heavy (non-hydrogen) atoms. The molecule has 0 amide bonds. The van der Waals surface area contributed by atoms with Crippen LogP contribution in [-0.4, -0.2) is 9.91 Å². The molecule has 0 unspecified atom stereocenters. The van der Waals surface area contributed by atoms with Crippen molar-refractivity contribution in [1.82, 2.24) is 4.98 Å². The SMILES string of the molecule is Cc1ccc(Nc2ccc([N+](=O)[O-])c3cnccc23)cc1. The number of aromatic nitrogens is 1. The van der Waals surface area contributed by atoms with Crippen LogP contribution in [0.3, 0.4) is 0 Å². The van der Waals surface area contributed by atoms with Crippen molar-refractivity contribution in [3.05, 3.63) is 70.5 Å². The molecule has 3 rings (SSSR count). The van der Waals surface area contributed by atoms with Gasteiger partial charge in [-0.05, 0) is 31.2 Å². The first kappa shape index (κ1) is 13.1. The van der Waals surface area contributed by atoms with Gasteiger partial charge in [0.05, 0.1) is 10.3 Å². The number of non-ortho nitro benzene ring substituents is 1. The van der Waals surface area contributed by atoms with E-state index in [1.807, 2.05) is 31.2 Å². The molecule has 104 valence electrons. The molecule has 5 heteroatoms. The lowest BCUT2D eigenvalue weighted by molar-refractivity contribution is -0.383. The first-order chi connectivity index (χ1) is 10.1. The molecule has 0 spiro atoms. The Balaban J connectivity index is 2.09. The summed E-state index contributed by atoms with van der Waals surface area (Å²) in [5, 5.41) is 15.7. The summed E-state index contributed by atoms with van der Waals surface area (Å²) < 4.78 is 0. The molecule has 0 aliphatic rings. The monoisotopic (exact) mass is 279 g/mol. The summed E-state index contributed by atoms with van der Waals surface area (Å²) in [5.41, 5.74) is 3.00. The second kappa shape index (κ2) is 5.20. The minimum Gasteiger partial charge on any atom is -0.355 e. The molecule has 1 heterocycles. The Labute approximate surface area is 121 Å². The van der Waals surface area contributed by atoms with Crippen LogP contribution in [0.25, 0.3) is 10.8 Å². The fraction of sp³-hybridized carbons (Fsp3) is 0.0625. The summed E-state index contributed by atoms with van der Waals surface area (Å²) in [4.78, 5) is 14.7. The van der Waals surface area contributed by atoms with E-state index in [0.29, 0.717) is 5.39 Å². The van der Waals surface area contributed by atoms with Gasteiger partial charge in [0.1, 0.15) is 0 Å². The van der Waals surface area contributed by atoms with E-state index in [9.17, 15) is 10.1 Å². The van der Waals surface area contributed by atoms with E-state index in [1.54, 1.807) is 18.3 Å². The summed E-state index contributed by atoms with van der Waals surface area (Å²) in [6.45, 7) is 2.02. The summed E-state index contributed by atoms with van der Waals surface area (Å²) in [6.07, 6.45) is 3.15. The lowest BCUT2D eigenvalue weighted by Crippen LogP contribution is -1.95. The number of hydrogen-bond acceptors (Lipinski definition) is 4. The maximum absolute atomic E-state index is 11.1. The number of hydrogen-bond donors (Lipinski definition) is 1. The van der Waals surface area contributed by atoms with Gasteiger partial charge in [0.15, 0.2) is 0 Å². The van der Waals surface area contributed by atoms with Gasteiger partial charge in [0.2, 0.25) is 0 Å². The molecule has 0 fully saturated rings. The lowest BCUT2D eigenvalue weighted by Gasteiger charge is -2.10. The fourth-order valence-corrected chi connectivity index (χ4v) is 2.24. The standard InChI is InChI=1S/C16H13N3O2/c1-11-2-4-12(5-3-11)18-15-6-7-16(19(20)21)14-10-17-9-8-13(14)15/h2-10,18H,1H3. The Morgan fingerprint density at radius 1 is 1.05 bits per heavy atom. The van der Waals surface area contributed by atoms with Crippen LogP contribution in [0.1, 0.15) is 5.56 Å². The van der Waals surface area contributed by atoms with E-state index in [0.717, 1.165) is 16.8 Å². The van der Waals surface area contributed by atoms with Gasteiger partial charge in [-0.1, -0.05) is 17.7 Å². The molecule has 5 nitrogen and oxygen atoms in total. The quantitative estimate of drug-likeness (QED) is 0.576. The molecular formula is C16H13N3O2. The zero-order chi connectivity index (χ0) is 14.8. The lowest BCUT2D eigenvalue weighted by atomic mass is 10.1. The summed E-state index contributed by atoms with van der Waals surface area (Å²) in [5.74, 6) is 0. The minimum absolute atomic E-state index is 0.0626. The van der Waals surface area contributed by atoms with Crippen LogP contribution in [0, 0.1) is 17.0 Å². The van der Waals surface area contributed by atoms with E-state index in [-0.39, 0.29) is 10.6 Å². The molecule has 1 aromatic heterocycles. The molecule has 0 saturated heterocycles. The molecule has 3 aromatic rings. The van der Waals surface area contributed by atoms with Gasteiger partial charge in [0.25, 0.3) is 5.69 Å². The largest absolute Gasteiger partial charge is 0.355 e. The molecule has 0 radical (unpaired) electrons. The maximum atomic E-state index is 11.1. The molecule has 0 aliphatic heterocycles. The van der Waals surface area contributed by atoms with Crippen molar-refractivity contribution in [3.63, 3.8) is 0 Å². The molecule has 1 N–H and O–H groups in total. The highest BCUT2D eigenvalue weighted by atomic mass is 16.6. The Kier molecular flexibility index (Phi) is 3.23. The minimum atomic E-state index is -0.389. The number of nitro benzene ring substituents is 1. The number of nitrogens with zero attached hydrogens (tertiary/aromatic N) is 2. The van der Waals surface area contributed by atoms with Crippen molar-refractivity contribution < 1.29 is 4.92 Å². The maximum Gasteiger partial charge on any atom is 0.278 e. The first-order valence-corrected chi connectivity index (χ1v) is 6.50. The van der Waals surface area contributed by atoms with Crippen molar-refractivity contribution in [2.75, 3.05) is 5.32 Å². The highest BCUT2D eigenvalue weighted by Crippen LogP contribution is 2.32. The summed E-state index contributed by atoms with van der Waals surface area (Å²) >= 11 is 0. The average molecular weight is 279 g/mol. The van der Waals surface area contributed by atoms with Gasteiger partial charge in [-0.25, -0.2) is 0 Å². The number of aryl methyl sites for hydroxylation is 1. The van der Waals surface area contributed by atoms with E-state index in [2.05, 4.69) is 10.3 Å². The van der Waals surface area contributed by atoms with Gasteiger partial charge in [0, 0.05) is 35.2 Å². The Morgan fingerprint density at radius 3 is 2.52 bits per heavy atom. The number of benzene rings is 2. The van der Waals surface area contributed by atoms with Crippen LogP contribution in [0.5, 0.6) is 0 Å². The van der Waals surface area contributed by atoms with Crippen molar-refractivity contribution >= 4 is 27.8 Å². The number of nitro groups is 1. The molecule has 0 atom stereocenters. The zero-order valence-corrected chi connectivity index (χ0v) is 11.4. The van der Waals surface area contributed by atoms with Crippen LogP contribution in [0.15, 0.2) is 54.9 Å². The molecule has 0 aliphatic carbocycles. The molecular weight excluding hydrogens is 266 g/mol. The van der Waals surface area contributed by atoms with E-state index in [1.165, 1.54) is 17.8 Å². The van der Waals surface area contributed by atoms with Gasteiger partial charge in [-0.2, -0.15) is 0 Å². The number of pyridine rings is 1. The molecule has 2 aromatic carbocycles. The first-order valence-electron chi connectivity index (χ1n) is 6.50. The van der Waals surface area contributed by atoms with Crippen LogP contribution in [0.2, 0.25) is 0 Å². The van der Waals surface area contributed by atoms with Crippen molar-refractivity contribution in [2.45, 2.75) is 6.92 Å².